The minimum atomic E-state index is -1.03. The molecule has 0 aliphatic rings. The van der Waals surface area contributed by atoms with Gasteiger partial charge < -0.3 is 10.1 Å². The molecule has 1 amide bonds. The quantitative estimate of drug-likeness (QED) is 0.747. The first kappa shape index (κ1) is 18.4. The average Bonchev–Trinajstić information content (AvgIpc) is 2.62. The molecule has 0 aliphatic heterocycles. The van der Waals surface area contributed by atoms with Gasteiger partial charge in [0.2, 0.25) is 0 Å². The molecular formula is C19H23NO3S. The van der Waals surface area contributed by atoms with E-state index in [1.807, 2.05) is 37.3 Å². The molecule has 0 aliphatic carbocycles. The highest BCUT2D eigenvalue weighted by molar-refractivity contribution is 7.84. The normalized spacial score (nSPS) is 13.2. The summed E-state index contributed by atoms with van der Waals surface area (Å²) < 4.78 is 17.1. The molecule has 0 radical (unpaired) electrons. The van der Waals surface area contributed by atoms with Crippen molar-refractivity contribution in [2.24, 2.45) is 0 Å². The molecule has 0 saturated heterocycles. The molecule has 1 N–H and O–H groups in total. The molecule has 2 atom stereocenters. The molecule has 2 unspecified atom stereocenters. The standard InChI is InChI=1S/C19H23NO3S/c1-15(16-7-4-3-5-8-16)23-14-6-13-20-19(21)17-9-11-18(12-10-17)24(2)22/h3-5,7-12,15H,6,13-14H2,1-2H3,(H,20,21). The van der Waals surface area contributed by atoms with E-state index in [-0.39, 0.29) is 12.0 Å². The second kappa shape index (κ2) is 9.35. The summed E-state index contributed by atoms with van der Waals surface area (Å²) in [6.45, 7) is 3.17. The summed E-state index contributed by atoms with van der Waals surface area (Å²) in [5.41, 5.74) is 1.72. The third-order valence-electron chi connectivity index (χ3n) is 3.69. The molecule has 128 valence electrons. The average molecular weight is 345 g/mol. The van der Waals surface area contributed by atoms with E-state index in [1.165, 1.54) is 0 Å². The van der Waals surface area contributed by atoms with Gasteiger partial charge in [-0.25, -0.2) is 0 Å². The van der Waals surface area contributed by atoms with E-state index in [4.69, 9.17) is 4.74 Å². The van der Waals surface area contributed by atoms with Crippen molar-refractivity contribution in [2.45, 2.75) is 24.3 Å². The Balaban J connectivity index is 1.68. The Labute approximate surface area is 145 Å². The molecule has 24 heavy (non-hydrogen) atoms. The van der Waals surface area contributed by atoms with Crippen molar-refractivity contribution in [3.8, 4) is 0 Å². The maximum absolute atomic E-state index is 12.0. The SMILES string of the molecule is CC(OCCCNC(=O)c1ccc(S(C)=O)cc1)c1ccccc1. The molecular weight excluding hydrogens is 322 g/mol. The fourth-order valence-electron chi connectivity index (χ4n) is 2.25. The topological polar surface area (TPSA) is 55.4 Å². The zero-order chi connectivity index (χ0) is 17.4. The fraction of sp³-hybridized carbons (Fsp3) is 0.316. The lowest BCUT2D eigenvalue weighted by atomic mass is 10.1. The van der Waals surface area contributed by atoms with E-state index in [1.54, 1.807) is 30.5 Å². The van der Waals surface area contributed by atoms with E-state index in [9.17, 15) is 9.00 Å². The second-order valence-corrected chi connectivity index (χ2v) is 6.89. The van der Waals surface area contributed by atoms with Crippen LogP contribution in [0.1, 0.15) is 35.4 Å². The highest BCUT2D eigenvalue weighted by Gasteiger charge is 2.07. The van der Waals surface area contributed by atoms with Crippen LogP contribution in [0.4, 0.5) is 0 Å². The van der Waals surface area contributed by atoms with Crippen LogP contribution in [0.15, 0.2) is 59.5 Å². The maximum Gasteiger partial charge on any atom is 0.251 e. The van der Waals surface area contributed by atoms with Gasteiger partial charge in [-0.3, -0.25) is 9.00 Å². The van der Waals surface area contributed by atoms with E-state index >= 15 is 0 Å². The Bertz CT molecular complexity index is 671. The van der Waals surface area contributed by atoms with Gasteiger partial charge in [-0.1, -0.05) is 30.3 Å². The Morgan fingerprint density at radius 1 is 1.12 bits per heavy atom. The van der Waals surface area contributed by atoms with E-state index in [0.29, 0.717) is 18.7 Å². The van der Waals surface area contributed by atoms with Crippen LogP contribution in [0.3, 0.4) is 0 Å². The van der Waals surface area contributed by atoms with Crippen molar-refractivity contribution in [1.29, 1.82) is 0 Å². The highest BCUT2D eigenvalue weighted by Crippen LogP contribution is 2.15. The van der Waals surface area contributed by atoms with Gasteiger partial charge in [0.25, 0.3) is 5.91 Å². The van der Waals surface area contributed by atoms with Crippen molar-refractivity contribution in [1.82, 2.24) is 5.32 Å². The van der Waals surface area contributed by atoms with Gasteiger partial charge in [-0.05, 0) is 43.2 Å². The molecule has 2 aromatic carbocycles. The zero-order valence-electron chi connectivity index (χ0n) is 14.0. The number of benzene rings is 2. The summed E-state index contributed by atoms with van der Waals surface area (Å²) in [7, 11) is -1.03. The van der Waals surface area contributed by atoms with Crippen LogP contribution in [0.25, 0.3) is 0 Å². The first-order valence-electron chi connectivity index (χ1n) is 7.96. The molecule has 2 rings (SSSR count). The highest BCUT2D eigenvalue weighted by atomic mass is 32.2. The largest absolute Gasteiger partial charge is 0.374 e. The number of rotatable bonds is 8. The lowest BCUT2D eigenvalue weighted by Gasteiger charge is -2.13. The van der Waals surface area contributed by atoms with Crippen molar-refractivity contribution in [3.63, 3.8) is 0 Å². The van der Waals surface area contributed by atoms with Crippen LogP contribution in [-0.2, 0) is 15.5 Å². The number of nitrogens with one attached hydrogen (secondary N) is 1. The number of ether oxygens (including phenoxy) is 1. The fourth-order valence-corrected chi connectivity index (χ4v) is 2.77. The Hall–Kier alpha value is -1.98. The summed E-state index contributed by atoms with van der Waals surface area (Å²) in [6.07, 6.45) is 2.41. The van der Waals surface area contributed by atoms with Crippen LogP contribution < -0.4 is 5.32 Å². The smallest absolute Gasteiger partial charge is 0.251 e. The number of hydrogen-bond donors (Lipinski definition) is 1. The molecule has 0 fully saturated rings. The number of carbonyl (C=O) groups is 1. The molecule has 0 heterocycles. The van der Waals surface area contributed by atoms with E-state index < -0.39 is 10.8 Å². The Kier molecular flexibility index (Phi) is 7.15. The summed E-state index contributed by atoms with van der Waals surface area (Å²) in [4.78, 5) is 12.7. The molecule has 0 bridgehead atoms. The van der Waals surface area contributed by atoms with Crippen LogP contribution in [0, 0.1) is 0 Å². The maximum atomic E-state index is 12.0. The van der Waals surface area contributed by atoms with Gasteiger partial charge in [0, 0.05) is 40.7 Å². The number of carbonyl (C=O) groups excluding carboxylic acids is 1. The first-order chi connectivity index (χ1) is 11.6. The Morgan fingerprint density at radius 3 is 2.42 bits per heavy atom. The number of hydrogen-bond acceptors (Lipinski definition) is 3. The van der Waals surface area contributed by atoms with Crippen LogP contribution >= 0.6 is 0 Å². The number of amides is 1. The lowest BCUT2D eigenvalue weighted by Crippen LogP contribution is -2.25. The molecule has 2 aromatic rings. The monoisotopic (exact) mass is 345 g/mol. The van der Waals surface area contributed by atoms with Crippen molar-refractivity contribution in [3.05, 3.63) is 65.7 Å². The van der Waals surface area contributed by atoms with Crippen LogP contribution in [0.2, 0.25) is 0 Å². The molecule has 4 nitrogen and oxygen atoms in total. The van der Waals surface area contributed by atoms with Gasteiger partial charge in [0.15, 0.2) is 0 Å². The van der Waals surface area contributed by atoms with Gasteiger partial charge in [0.1, 0.15) is 0 Å². The van der Waals surface area contributed by atoms with Crippen molar-refractivity contribution < 1.29 is 13.7 Å². The van der Waals surface area contributed by atoms with E-state index in [0.717, 1.165) is 16.9 Å². The summed E-state index contributed by atoms with van der Waals surface area (Å²) in [6, 6.07) is 16.9. The van der Waals surface area contributed by atoms with Crippen molar-refractivity contribution in [2.75, 3.05) is 19.4 Å². The van der Waals surface area contributed by atoms with Gasteiger partial charge in [-0.2, -0.15) is 0 Å². The predicted octanol–water partition coefficient (Wildman–Crippen LogP) is 3.32. The van der Waals surface area contributed by atoms with Crippen LogP contribution in [-0.4, -0.2) is 29.5 Å². The zero-order valence-corrected chi connectivity index (χ0v) is 14.8. The van der Waals surface area contributed by atoms with Crippen LogP contribution in [0.5, 0.6) is 0 Å². The predicted molar refractivity (Wildman–Crippen MR) is 96.5 cm³/mol. The van der Waals surface area contributed by atoms with Crippen molar-refractivity contribution >= 4 is 16.7 Å². The lowest BCUT2D eigenvalue weighted by molar-refractivity contribution is 0.0635. The third-order valence-corrected chi connectivity index (χ3v) is 4.63. The van der Waals surface area contributed by atoms with E-state index in [2.05, 4.69) is 5.32 Å². The Morgan fingerprint density at radius 2 is 1.79 bits per heavy atom. The molecule has 0 saturated carbocycles. The second-order valence-electron chi connectivity index (χ2n) is 5.51. The summed E-state index contributed by atoms with van der Waals surface area (Å²) in [5, 5.41) is 2.87. The molecule has 0 aromatic heterocycles. The summed E-state index contributed by atoms with van der Waals surface area (Å²) in [5.74, 6) is -0.125. The minimum absolute atomic E-state index is 0.0457. The summed E-state index contributed by atoms with van der Waals surface area (Å²) >= 11 is 0. The van der Waals surface area contributed by atoms with Gasteiger partial charge in [0.05, 0.1) is 6.10 Å². The van der Waals surface area contributed by atoms with Gasteiger partial charge >= 0.3 is 0 Å². The molecule has 5 heteroatoms. The minimum Gasteiger partial charge on any atom is -0.374 e. The third kappa shape index (κ3) is 5.58. The molecule has 0 spiro atoms. The first-order valence-corrected chi connectivity index (χ1v) is 9.52. The van der Waals surface area contributed by atoms with Gasteiger partial charge in [-0.15, -0.1) is 0 Å².